The molecule has 2 amide bonds. The van der Waals surface area contributed by atoms with Crippen molar-refractivity contribution in [3.8, 4) is 16.9 Å². The van der Waals surface area contributed by atoms with Gasteiger partial charge in [-0.1, -0.05) is 18.2 Å². The summed E-state index contributed by atoms with van der Waals surface area (Å²) in [6.45, 7) is 2.32. The fourth-order valence-corrected chi connectivity index (χ4v) is 6.47. The third-order valence-corrected chi connectivity index (χ3v) is 8.38. The van der Waals surface area contributed by atoms with E-state index < -0.39 is 58.4 Å². The number of phenolic OH excluding ortho intramolecular Hbond substituents is 1. The van der Waals surface area contributed by atoms with Crippen LogP contribution < -0.4 is 5.73 Å². The maximum atomic E-state index is 13.7. The van der Waals surface area contributed by atoms with Crippen molar-refractivity contribution in [2.45, 2.75) is 31.8 Å². The van der Waals surface area contributed by atoms with E-state index in [1.54, 1.807) is 54.4 Å². The van der Waals surface area contributed by atoms with Gasteiger partial charge < -0.3 is 26.2 Å². The minimum atomic E-state index is -2.62. The molecule has 0 radical (unpaired) electrons. The van der Waals surface area contributed by atoms with Crippen LogP contribution in [0, 0.1) is 11.8 Å². The number of carbonyl (C=O) groups excluding carboxylic acids is 4. The van der Waals surface area contributed by atoms with E-state index >= 15 is 0 Å². The first-order valence-electron chi connectivity index (χ1n) is 13.2. The molecule has 3 aliphatic carbocycles. The number of hydrazine groups is 1. The van der Waals surface area contributed by atoms with E-state index in [4.69, 9.17) is 5.73 Å². The summed E-state index contributed by atoms with van der Waals surface area (Å²) in [6, 6.07) is 9.98. The van der Waals surface area contributed by atoms with Gasteiger partial charge in [0, 0.05) is 44.1 Å². The molecule has 3 aliphatic rings. The van der Waals surface area contributed by atoms with Gasteiger partial charge in [0.1, 0.15) is 22.8 Å². The van der Waals surface area contributed by atoms with Crippen LogP contribution in [0.15, 0.2) is 53.3 Å². The molecule has 0 bridgehead atoms. The van der Waals surface area contributed by atoms with Gasteiger partial charge in [0.2, 0.25) is 5.78 Å². The standard InChI is InChI=1S/C30H31N3O8/c1-4-33(32(2)3)29(40)15-7-5-6-14(10-15)18-8-9-20(34)23-19(18)12-16-11-17-13-21(35)24(28(31)39)27(38)30(17,41)26(37)22(16)25(23)36/h5-10,16-17,34,36,38,41H,4,11-13H2,1-3H3,(H2,31,39)/t16?,17-,30-/m0/s1. The Morgan fingerprint density at radius 2 is 1.78 bits per heavy atom. The molecule has 0 aliphatic heterocycles. The highest BCUT2D eigenvalue weighted by Crippen LogP contribution is 2.53. The second-order valence-corrected chi connectivity index (χ2v) is 10.8. The number of nitrogens with zero attached hydrogens (tertiary/aromatic N) is 2. The highest BCUT2D eigenvalue weighted by Gasteiger charge is 2.60. The predicted octanol–water partition coefficient (Wildman–Crippen LogP) is 2.03. The van der Waals surface area contributed by atoms with E-state index in [2.05, 4.69) is 0 Å². The molecule has 11 nitrogen and oxygen atoms in total. The van der Waals surface area contributed by atoms with Gasteiger partial charge in [0.05, 0.1) is 5.56 Å². The van der Waals surface area contributed by atoms with Crippen molar-refractivity contribution in [2.24, 2.45) is 17.6 Å². The van der Waals surface area contributed by atoms with Gasteiger partial charge in [-0.2, -0.15) is 0 Å². The van der Waals surface area contributed by atoms with Gasteiger partial charge in [-0.25, -0.2) is 5.01 Å². The highest BCUT2D eigenvalue weighted by molar-refractivity contribution is 6.22. The maximum Gasteiger partial charge on any atom is 0.268 e. The van der Waals surface area contributed by atoms with E-state index in [1.165, 1.54) is 6.07 Å². The summed E-state index contributed by atoms with van der Waals surface area (Å²) >= 11 is 0. The lowest BCUT2D eigenvalue weighted by Crippen LogP contribution is -2.58. The number of hydrogen-bond donors (Lipinski definition) is 5. The number of primary amides is 1. The van der Waals surface area contributed by atoms with Crippen LogP contribution in [0.4, 0.5) is 0 Å². The molecule has 0 saturated heterocycles. The minimum absolute atomic E-state index is 0.00478. The minimum Gasteiger partial charge on any atom is -0.508 e. The molecule has 1 saturated carbocycles. The second-order valence-electron chi connectivity index (χ2n) is 10.8. The van der Waals surface area contributed by atoms with Gasteiger partial charge in [-0.3, -0.25) is 24.2 Å². The Morgan fingerprint density at radius 3 is 2.41 bits per heavy atom. The average Bonchev–Trinajstić information content (AvgIpc) is 2.91. The lowest BCUT2D eigenvalue weighted by Gasteiger charge is -2.46. The van der Waals surface area contributed by atoms with Crippen LogP contribution in [0.3, 0.4) is 0 Å². The molecule has 3 atom stereocenters. The number of aromatic hydroxyl groups is 1. The van der Waals surface area contributed by atoms with Gasteiger partial charge in [0.15, 0.2) is 11.4 Å². The van der Waals surface area contributed by atoms with Gasteiger partial charge in [-0.05, 0) is 60.6 Å². The molecule has 1 fully saturated rings. The van der Waals surface area contributed by atoms with Crippen LogP contribution >= 0.6 is 0 Å². The predicted molar refractivity (Wildman–Crippen MR) is 147 cm³/mol. The molecule has 0 aromatic heterocycles. The fourth-order valence-electron chi connectivity index (χ4n) is 6.47. The van der Waals surface area contributed by atoms with E-state index in [0.717, 1.165) is 0 Å². The molecule has 1 unspecified atom stereocenters. The summed E-state index contributed by atoms with van der Waals surface area (Å²) in [5.74, 6) is -6.99. The van der Waals surface area contributed by atoms with Crippen molar-refractivity contribution in [1.82, 2.24) is 10.0 Å². The molecule has 11 heteroatoms. The first kappa shape index (κ1) is 28.1. The number of aliphatic hydroxyl groups excluding tert-OH is 2. The Hall–Kier alpha value is -4.48. The molecule has 5 rings (SSSR count). The zero-order chi connectivity index (χ0) is 30.0. The van der Waals surface area contributed by atoms with Crippen LogP contribution in [-0.4, -0.2) is 80.1 Å². The normalized spacial score (nSPS) is 23.7. The zero-order valence-corrected chi connectivity index (χ0v) is 22.8. The zero-order valence-electron chi connectivity index (χ0n) is 22.8. The molecule has 2 aromatic carbocycles. The Bertz CT molecular complexity index is 1590. The topological polar surface area (TPSA) is 182 Å². The number of ketones is 2. The summed E-state index contributed by atoms with van der Waals surface area (Å²) in [5.41, 5.74) is 3.81. The van der Waals surface area contributed by atoms with E-state index in [1.807, 2.05) is 6.92 Å². The molecular weight excluding hydrogens is 530 g/mol. The van der Waals surface area contributed by atoms with Crippen molar-refractivity contribution in [2.75, 3.05) is 20.6 Å². The van der Waals surface area contributed by atoms with Gasteiger partial charge in [-0.15, -0.1) is 0 Å². The fraction of sp³-hybridized carbons (Fsp3) is 0.333. The van der Waals surface area contributed by atoms with Gasteiger partial charge >= 0.3 is 0 Å². The van der Waals surface area contributed by atoms with Crippen LogP contribution in [0.25, 0.3) is 16.9 Å². The Kier molecular flexibility index (Phi) is 6.75. The van der Waals surface area contributed by atoms with Crippen LogP contribution in [0.2, 0.25) is 0 Å². The number of carbonyl (C=O) groups is 4. The summed E-state index contributed by atoms with van der Waals surface area (Å²) in [5, 5.41) is 47.5. The Morgan fingerprint density at radius 1 is 1.07 bits per heavy atom. The lowest BCUT2D eigenvalue weighted by atomic mass is 9.59. The third-order valence-electron chi connectivity index (χ3n) is 8.38. The number of amides is 2. The number of hydrogen-bond acceptors (Lipinski definition) is 9. The Labute approximate surface area is 235 Å². The molecule has 6 N–H and O–H groups in total. The number of fused-ring (bicyclic) bond motifs is 3. The molecule has 214 valence electrons. The first-order chi connectivity index (χ1) is 19.3. The maximum absolute atomic E-state index is 13.7. The van der Waals surface area contributed by atoms with Gasteiger partial charge in [0.25, 0.3) is 11.8 Å². The lowest BCUT2D eigenvalue weighted by molar-refractivity contribution is -0.147. The second kappa shape index (κ2) is 9.86. The number of rotatable bonds is 5. The SMILES string of the molecule is CCN(C(=O)c1cccc(-c2ccc(O)c3c2CC2C[C@H]4CC(=O)C(C(N)=O)=C(O)[C@@]4(O)C(=O)C2=C3O)c1)N(C)C. The number of aliphatic hydroxyl groups is 3. The summed E-state index contributed by atoms with van der Waals surface area (Å²) in [4.78, 5) is 51.3. The first-order valence-corrected chi connectivity index (χ1v) is 13.2. The van der Waals surface area contributed by atoms with Crippen molar-refractivity contribution in [3.63, 3.8) is 0 Å². The number of Topliss-reactive ketones (excluding diaryl/α,β-unsaturated/α-hetero) is 2. The highest BCUT2D eigenvalue weighted by atomic mass is 16.3. The summed E-state index contributed by atoms with van der Waals surface area (Å²) in [6.07, 6.45) is -0.196. The monoisotopic (exact) mass is 561 g/mol. The largest absolute Gasteiger partial charge is 0.508 e. The summed E-state index contributed by atoms with van der Waals surface area (Å²) < 4.78 is 0. The molecule has 0 heterocycles. The molecule has 41 heavy (non-hydrogen) atoms. The van der Waals surface area contributed by atoms with E-state index in [0.29, 0.717) is 28.8 Å². The summed E-state index contributed by atoms with van der Waals surface area (Å²) in [7, 11) is 3.54. The smallest absolute Gasteiger partial charge is 0.268 e. The van der Waals surface area contributed by atoms with Crippen LogP contribution in [0.5, 0.6) is 5.75 Å². The number of benzene rings is 2. The van der Waals surface area contributed by atoms with Crippen molar-refractivity contribution < 1.29 is 39.6 Å². The van der Waals surface area contributed by atoms with E-state index in [9.17, 15) is 39.6 Å². The number of phenols is 1. The van der Waals surface area contributed by atoms with E-state index in [-0.39, 0.29) is 35.6 Å². The average molecular weight is 562 g/mol. The Balaban J connectivity index is 1.64. The van der Waals surface area contributed by atoms with Crippen molar-refractivity contribution in [3.05, 3.63) is 70.0 Å². The quantitative estimate of drug-likeness (QED) is 0.269. The third kappa shape index (κ3) is 4.11. The number of nitrogens with two attached hydrogens (primary N) is 1. The van der Waals surface area contributed by atoms with Crippen LogP contribution in [0.1, 0.15) is 41.3 Å². The van der Waals surface area contributed by atoms with Crippen LogP contribution in [-0.2, 0) is 20.8 Å². The molecular formula is C30H31N3O8. The van der Waals surface area contributed by atoms with Crippen molar-refractivity contribution in [1.29, 1.82) is 0 Å². The molecule has 2 aromatic rings. The van der Waals surface area contributed by atoms with Crippen molar-refractivity contribution >= 4 is 29.1 Å². The molecule has 0 spiro atoms.